The Balaban J connectivity index is 2.04. The molecule has 0 aliphatic carbocycles. The molecule has 2 aromatic rings. The average molecular weight is 343 g/mol. The third-order valence-electron chi connectivity index (χ3n) is 3.38. The standard InChI is InChI=1S/C18H21N3O4/c1-11(2)25-18(24)14-5-7-15(8-6-14)20-16(22)10-21-13(4)19-12(3)9-17(21)23/h5-9,11H,10H2,1-4H3,(H,20,22). The monoisotopic (exact) mass is 343 g/mol. The van der Waals surface area contributed by atoms with Crippen molar-refractivity contribution in [1.82, 2.24) is 9.55 Å². The molecule has 0 radical (unpaired) electrons. The van der Waals surface area contributed by atoms with E-state index in [9.17, 15) is 14.4 Å². The first-order valence-corrected chi connectivity index (χ1v) is 7.92. The number of amides is 1. The number of carbonyl (C=O) groups excluding carboxylic acids is 2. The van der Waals surface area contributed by atoms with E-state index in [1.54, 1.807) is 52.0 Å². The van der Waals surface area contributed by atoms with E-state index in [1.807, 2.05) is 0 Å². The zero-order valence-corrected chi connectivity index (χ0v) is 14.7. The Morgan fingerprint density at radius 2 is 1.84 bits per heavy atom. The number of ether oxygens (including phenoxy) is 1. The fraction of sp³-hybridized carbons (Fsp3) is 0.333. The van der Waals surface area contributed by atoms with Crippen molar-refractivity contribution >= 4 is 17.6 Å². The minimum absolute atomic E-state index is 0.130. The second-order valence-corrected chi connectivity index (χ2v) is 5.95. The van der Waals surface area contributed by atoms with E-state index in [0.717, 1.165) is 0 Å². The first-order valence-electron chi connectivity index (χ1n) is 7.92. The number of anilines is 1. The lowest BCUT2D eigenvalue weighted by Gasteiger charge is -2.11. The van der Waals surface area contributed by atoms with Gasteiger partial charge in [-0.05, 0) is 52.0 Å². The summed E-state index contributed by atoms with van der Waals surface area (Å²) in [4.78, 5) is 40.1. The number of benzene rings is 1. The SMILES string of the molecule is Cc1cc(=O)n(CC(=O)Nc2ccc(C(=O)OC(C)C)cc2)c(C)n1. The van der Waals surface area contributed by atoms with Gasteiger partial charge in [0.15, 0.2) is 0 Å². The molecule has 0 aliphatic heterocycles. The van der Waals surface area contributed by atoms with Crippen molar-refractivity contribution in [2.24, 2.45) is 0 Å². The quantitative estimate of drug-likeness (QED) is 0.839. The van der Waals surface area contributed by atoms with E-state index in [1.165, 1.54) is 10.6 Å². The predicted octanol–water partition coefficient (Wildman–Crippen LogP) is 2.06. The molecule has 1 N–H and O–H groups in total. The van der Waals surface area contributed by atoms with Crippen LogP contribution in [0.4, 0.5) is 5.69 Å². The summed E-state index contributed by atoms with van der Waals surface area (Å²) in [6, 6.07) is 7.75. The highest BCUT2D eigenvalue weighted by Gasteiger charge is 2.11. The van der Waals surface area contributed by atoms with Crippen molar-refractivity contribution in [3.63, 3.8) is 0 Å². The van der Waals surface area contributed by atoms with Gasteiger partial charge in [-0.3, -0.25) is 14.2 Å². The topological polar surface area (TPSA) is 90.3 Å². The summed E-state index contributed by atoms with van der Waals surface area (Å²) in [5.74, 6) is -0.291. The molecule has 0 spiro atoms. The molecule has 1 amide bonds. The number of aromatic nitrogens is 2. The van der Waals surface area contributed by atoms with Gasteiger partial charge in [-0.1, -0.05) is 0 Å². The summed E-state index contributed by atoms with van der Waals surface area (Å²) >= 11 is 0. The van der Waals surface area contributed by atoms with Gasteiger partial charge in [0.25, 0.3) is 5.56 Å². The van der Waals surface area contributed by atoms with Crippen LogP contribution in [-0.4, -0.2) is 27.5 Å². The molecule has 7 nitrogen and oxygen atoms in total. The van der Waals surface area contributed by atoms with Crippen molar-refractivity contribution < 1.29 is 14.3 Å². The molecule has 0 atom stereocenters. The summed E-state index contributed by atoms with van der Waals surface area (Å²) in [5, 5.41) is 2.69. The number of rotatable bonds is 5. The van der Waals surface area contributed by atoms with Gasteiger partial charge < -0.3 is 10.1 Å². The first-order chi connectivity index (χ1) is 11.8. The summed E-state index contributed by atoms with van der Waals surface area (Å²) in [7, 11) is 0. The van der Waals surface area contributed by atoms with Crippen LogP contribution in [0.1, 0.15) is 35.7 Å². The van der Waals surface area contributed by atoms with Crippen LogP contribution in [0.25, 0.3) is 0 Å². The fourth-order valence-corrected chi connectivity index (χ4v) is 2.27. The lowest BCUT2D eigenvalue weighted by atomic mass is 10.2. The van der Waals surface area contributed by atoms with Crippen LogP contribution in [0.2, 0.25) is 0 Å². The minimum Gasteiger partial charge on any atom is -0.459 e. The molecular formula is C18H21N3O4. The van der Waals surface area contributed by atoms with E-state index in [4.69, 9.17) is 4.74 Å². The highest BCUT2D eigenvalue weighted by molar-refractivity contribution is 5.93. The molecule has 7 heteroatoms. The highest BCUT2D eigenvalue weighted by Crippen LogP contribution is 2.11. The second kappa shape index (κ2) is 7.74. The lowest BCUT2D eigenvalue weighted by molar-refractivity contribution is -0.116. The molecule has 0 saturated heterocycles. The lowest BCUT2D eigenvalue weighted by Crippen LogP contribution is -2.30. The van der Waals surface area contributed by atoms with Crippen LogP contribution in [0.5, 0.6) is 0 Å². The Bertz CT molecular complexity index is 838. The van der Waals surface area contributed by atoms with Crippen molar-refractivity contribution in [2.75, 3.05) is 5.32 Å². The molecule has 1 heterocycles. The number of carbonyl (C=O) groups is 2. The first kappa shape index (κ1) is 18.4. The zero-order chi connectivity index (χ0) is 18.6. The smallest absolute Gasteiger partial charge is 0.338 e. The summed E-state index contributed by atoms with van der Waals surface area (Å²) in [6.07, 6.45) is -0.198. The summed E-state index contributed by atoms with van der Waals surface area (Å²) < 4.78 is 6.40. The van der Waals surface area contributed by atoms with Crippen LogP contribution in [0.15, 0.2) is 35.1 Å². The van der Waals surface area contributed by atoms with E-state index in [0.29, 0.717) is 22.8 Å². The predicted molar refractivity (Wildman–Crippen MR) is 93.6 cm³/mol. The maximum Gasteiger partial charge on any atom is 0.338 e. The number of nitrogens with one attached hydrogen (secondary N) is 1. The van der Waals surface area contributed by atoms with Crippen molar-refractivity contribution in [2.45, 2.75) is 40.3 Å². The van der Waals surface area contributed by atoms with Gasteiger partial charge in [-0.2, -0.15) is 0 Å². The van der Waals surface area contributed by atoms with E-state index in [-0.39, 0.29) is 24.1 Å². The van der Waals surface area contributed by atoms with Crippen molar-refractivity contribution in [1.29, 1.82) is 0 Å². The Labute approximate surface area is 145 Å². The van der Waals surface area contributed by atoms with Gasteiger partial charge in [0.2, 0.25) is 5.91 Å². The van der Waals surface area contributed by atoms with Crippen LogP contribution < -0.4 is 10.9 Å². The second-order valence-electron chi connectivity index (χ2n) is 5.95. The average Bonchev–Trinajstić information content (AvgIpc) is 2.51. The molecule has 0 saturated carbocycles. The summed E-state index contributed by atoms with van der Waals surface area (Å²) in [5.41, 5.74) is 1.27. The van der Waals surface area contributed by atoms with E-state index in [2.05, 4.69) is 10.3 Å². The normalized spacial score (nSPS) is 10.6. The Hall–Kier alpha value is -2.96. The number of hydrogen-bond donors (Lipinski definition) is 1. The highest BCUT2D eigenvalue weighted by atomic mass is 16.5. The van der Waals surface area contributed by atoms with E-state index < -0.39 is 5.97 Å². The van der Waals surface area contributed by atoms with Crippen LogP contribution in [0, 0.1) is 13.8 Å². The molecular weight excluding hydrogens is 322 g/mol. The molecule has 0 aliphatic rings. The third-order valence-corrected chi connectivity index (χ3v) is 3.38. The van der Waals surface area contributed by atoms with E-state index >= 15 is 0 Å². The van der Waals surface area contributed by atoms with Crippen LogP contribution in [-0.2, 0) is 16.1 Å². The van der Waals surface area contributed by atoms with Crippen molar-refractivity contribution in [3.05, 3.63) is 57.8 Å². The number of hydrogen-bond acceptors (Lipinski definition) is 5. The van der Waals surface area contributed by atoms with Gasteiger partial charge >= 0.3 is 5.97 Å². The maximum absolute atomic E-state index is 12.1. The summed E-state index contributed by atoms with van der Waals surface area (Å²) in [6.45, 7) is 6.82. The fourth-order valence-electron chi connectivity index (χ4n) is 2.27. The molecule has 1 aromatic heterocycles. The van der Waals surface area contributed by atoms with Crippen LogP contribution in [0.3, 0.4) is 0 Å². The number of nitrogens with zero attached hydrogens (tertiary/aromatic N) is 2. The van der Waals surface area contributed by atoms with Gasteiger partial charge in [0, 0.05) is 17.4 Å². The minimum atomic E-state index is -0.416. The maximum atomic E-state index is 12.1. The molecule has 0 fully saturated rings. The van der Waals surface area contributed by atoms with Gasteiger partial charge in [0.1, 0.15) is 12.4 Å². The Kier molecular flexibility index (Phi) is 5.69. The van der Waals surface area contributed by atoms with Gasteiger partial charge in [0.05, 0.1) is 11.7 Å². The van der Waals surface area contributed by atoms with Crippen LogP contribution >= 0.6 is 0 Å². The molecule has 1 aromatic carbocycles. The number of esters is 1. The van der Waals surface area contributed by atoms with Crippen molar-refractivity contribution in [3.8, 4) is 0 Å². The molecule has 2 rings (SSSR count). The third kappa shape index (κ3) is 5.00. The molecule has 132 valence electrons. The molecule has 0 unspecified atom stereocenters. The molecule has 0 bridgehead atoms. The Morgan fingerprint density at radius 3 is 2.40 bits per heavy atom. The largest absolute Gasteiger partial charge is 0.459 e. The van der Waals surface area contributed by atoms with Gasteiger partial charge in [-0.15, -0.1) is 0 Å². The zero-order valence-electron chi connectivity index (χ0n) is 14.7. The Morgan fingerprint density at radius 1 is 1.20 bits per heavy atom. The van der Waals surface area contributed by atoms with Gasteiger partial charge in [-0.25, -0.2) is 9.78 Å². The number of aryl methyl sites for hydroxylation is 2. The molecule has 25 heavy (non-hydrogen) atoms.